The van der Waals surface area contributed by atoms with Crippen molar-refractivity contribution in [2.75, 3.05) is 0 Å². The van der Waals surface area contributed by atoms with E-state index in [9.17, 15) is 0 Å². The fourth-order valence-corrected chi connectivity index (χ4v) is 16.4. The van der Waals surface area contributed by atoms with Gasteiger partial charge in [-0.25, -0.2) is 29.9 Å². The van der Waals surface area contributed by atoms with Crippen molar-refractivity contribution in [3.05, 3.63) is 381 Å². The fourth-order valence-electron chi connectivity index (χ4n) is 16.4. The molecule has 112 heavy (non-hydrogen) atoms. The number of rotatable bonds is 12. The molecule has 0 saturated carbocycles. The second kappa shape index (κ2) is 27.7. The number of para-hydroxylation sites is 3. The Morgan fingerprint density at radius 3 is 1.19 bits per heavy atom. The Labute approximate surface area is 644 Å². The van der Waals surface area contributed by atoms with Crippen molar-refractivity contribution in [3.63, 3.8) is 0 Å². The van der Waals surface area contributed by atoms with Gasteiger partial charge in [0.05, 0.1) is 38.7 Å². The van der Waals surface area contributed by atoms with Crippen LogP contribution in [0.1, 0.15) is 17.7 Å². The van der Waals surface area contributed by atoms with E-state index < -0.39 is 0 Å². The molecule has 6 heterocycles. The van der Waals surface area contributed by atoms with E-state index in [1.54, 1.807) is 0 Å². The summed E-state index contributed by atoms with van der Waals surface area (Å²) in [6.07, 6.45) is 6.45. The highest BCUT2D eigenvalue weighted by atomic mass is 16.3. The number of allylic oxidation sites excluding steroid dienone is 1. The molecule has 0 unspecified atom stereocenters. The van der Waals surface area contributed by atoms with Crippen LogP contribution in [0.15, 0.2) is 379 Å². The summed E-state index contributed by atoms with van der Waals surface area (Å²) in [5.74, 6) is 3.70. The van der Waals surface area contributed by atoms with Gasteiger partial charge in [0.15, 0.2) is 34.9 Å². The van der Waals surface area contributed by atoms with E-state index in [2.05, 4.69) is 325 Å². The van der Waals surface area contributed by atoms with Gasteiger partial charge in [-0.2, -0.15) is 0 Å². The molecule has 0 radical (unpaired) electrons. The first kappa shape index (κ1) is 65.3. The number of nitrogens with zero attached hydrogens (tertiary/aromatic N) is 8. The molecule has 0 spiro atoms. The van der Waals surface area contributed by atoms with Gasteiger partial charge in [-0.15, -0.1) is 0 Å². The van der Waals surface area contributed by atoms with E-state index in [0.29, 0.717) is 34.9 Å². The fraction of sp³-hybridized carbons (Fsp3) is 0.0196. The highest BCUT2D eigenvalue weighted by molar-refractivity contribution is 6.26. The third-order valence-electron chi connectivity index (χ3n) is 21.6. The van der Waals surface area contributed by atoms with Crippen molar-refractivity contribution in [3.8, 4) is 124 Å². The van der Waals surface area contributed by atoms with Crippen LogP contribution in [0.5, 0.6) is 0 Å². The minimum atomic E-state index is 0.595. The second-order valence-corrected chi connectivity index (χ2v) is 28.3. The highest BCUT2D eigenvalue weighted by Crippen LogP contribution is 2.48. The number of hydrogen-bond acceptors (Lipinski definition) is 8. The normalized spacial score (nSPS) is 12.0. The SMILES string of the molecule is C1=Cc2c(n(-c3ccccc3-c3nc(-c4ccccc4)nc(-c4ccc(-c5ccccc5)cc4)n3)c3c2ccc2oc4cccc(-c5ccccc5)c4c23)CC1.c1ccc(-c2ccc(-c3nc(-c4ccccc4)nc(-c4ccccc4-n4c5ccccc5c5ccc6oc7ccc(-c8ccccc8)cc7c6c54)n3)cc2)cc1. The van der Waals surface area contributed by atoms with Crippen LogP contribution in [0.25, 0.3) is 207 Å². The second-order valence-electron chi connectivity index (χ2n) is 28.3. The maximum absolute atomic E-state index is 6.66. The molecule has 0 fully saturated rings. The van der Waals surface area contributed by atoms with E-state index in [1.807, 2.05) is 60.7 Å². The smallest absolute Gasteiger partial charge is 0.166 e. The number of fused-ring (bicyclic) bond motifs is 14. The van der Waals surface area contributed by atoms with Crippen molar-refractivity contribution in [2.45, 2.75) is 12.8 Å². The summed E-state index contributed by atoms with van der Waals surface area (Å²) in [4.78, 5) is 31.0. The van der Waals surface area contributed by atoms with Crippen LogP contribution < -0.4 is 0 Å². The molecule has 526 valence electrons. The van der Waals surface area contributed by atoms with Crippen LogP contribution in [0, 0.1) is 0 Å². The van der Waals surface area contributed by atoms with Crippen molar-refractivity contribution in [1.82, 2.24) is 39.0 Å². The van der Waals surface area contributed by atoms with Crippen LogP contribution in [-0.4, -0.2) is 39.0 Å². The molecule has 0 bridgehead atoms. The van der Waals surface area contributed by atoms with Crippen molar-refractivity contribution < 1.29 is 8.83 Å². The van der Waals surface area contributed by atoms with Gasteiger partial charge in [0.25, 0.3) is 0 Å². The monoisotopic (exact) mass is 1430 g/mol. The Balaban J connectivity index is 0.000000141. The van der Waals surface area contributed by atoms with Gasteiger partial charge in [-0.3, -0.25) is 0 Å². The molecule has 22 rings (SSSR count). The lowest BCUT2D eigenvalue weighted by Crippen LogP contribution is -2.07. The largest absolute Gasteiger partial charge is 0.456 e. The molecule has 0 amide bonds. The molecule has 6 aromatic heterocycles. The molecule has 0 N–H and O–H groups in total. The average molecular weight is 1440 g/mol. The molecular formula is C102H66N8O2. The zero-order valence-corrected chi connectivity index (χ0v) is 60.6. The van der Waals surface area contributed by atoms with Gasteiger partial charge < -0.3 is 18.0 Å². The van der Waals surface area contributed by atoms with E-state index >= 15 is 0 Å². The van der Waals surface area contributed by atoms with Crippen LogP contribution in [0.2, 0.25) is 0 Å². The van der Waals surface area contributed by atoms with Crippen molar-refractivity contribution in [2.24, 2.45) is 0 Å². The van der Waals surface area contributed by atoms with E-state index in [-0.39, 0.29) is 0 Å². The summed E-state index contributed by atoms with van der Waals surface area (Å²) in [6.45, 7) is 0. The zero-order valence-electron chi connectivity index (χ0n) is 60.6. The summed E-state index contributed by atoms with van der Waals surface area (Å²) in [5.41, 5.74) is 26.0. The molecule has 0 saturated heterocycles. The topological polar surface area (TPSA) is 113 Å². The Bertz CT molecular complexity index is 7200. The first-order valence-corrected chi connectivity index (χ1v) is 37.9. The summed E-state index contributed by atoms with van der Waals surface area (Å²) < 4.78 is 18.1. The first-order chi connectivity index (χ1) is 55.5. The third-order valence-corrected chi connectivity index (χ3v) is 21.6. The molecule has 10 nitrogen and oxygen atoms in total. The summed E-state index contributed by atoms with van der Waals surface area (Å²) in [7, 11) is 0. The molecule has 0 atom stereocenters. The summed E-state index contributed by atoms with van der Waals surface area (Å²) in [6, 6.07) is 126. The Morgan fingerprint density at radius 1 is 0.241 bits per heavy atom. The van der Waals surface area contributed by atoms with Gasteiger partial charge >= 0.3 is 0 Å². The third kappa shape index (κ3) is 11.5. The number of benzene rings is 15. The summed E-state index contributed by atoms with van der Waals surface area (Å²) >= 11 is 0. The summed E-state index contributed by atoms with van der Waals surface area (Å²) in [5, 5.41) is 7.87. The molecule has 10 heteroatoms. The number of furan rings is 2. The minimum absolute atomic E-state index is 0.595. The van der Waals surface area contributed by atoms with Crippen LogP contribution in [0.3, 0.4) is 0 Å². The van der Waals surface area contributed by atoms with E-state index in [0.717, 1.165) is 168 Å². The molecule has 0 aliphatic heterocycles. The van der Waals surface area contributed by atoms with Crippen molar-refractivity contribution in [1.29, 1.82) is 0 Å². The molecule has 1 aliphatic carbocycles. The lowest BCUT2D eigenvalue weighted by atomic mass is 9.97. The van der Waals surface area contributed by atoms with Crippen LogP contribution in [0.4, 0.5) is 0 Å². The molecule has 15 aromatic carbocycles. The van der Waals surface area contributed by atoms with E-state index in [4.69, 9.17) is 38.7 Å². The van der Waals surface area contributed by atoms with Gasteiger partial charge in [-0.1, -0.05) is 303 Å². The predicted octanol–water partition coefficient (Wildman–Crippen LogP) is 26.2. The predicted molar refractivity (Wildman–Crippen MR) is 457 cm³/mol. The average Bonchev–Trinajstić information content (AvgIpc) is 1.55. The lowest BCUT2D eigenvalue weighted by Gasteiger charge is -2.17. The quantitative estimate of drug-likeness (QED) is 0.119. The lowest BCUT2D eigenvalue weighted by molar-refractivity contribution is 0.669. The Kier molecular flexibility index (Phi) is 16.1. The first-order valence-electron chi connectivity index (χ1n) is 37.9. The Hall–Kier alpha value is -15.0. The number of aromatic nitrogens is 8. The molecule has 21 aromatic rings. The maximum Gasteiger partial charge on any atom is 0.166 e. The highest BCUT2D eigenvalue weighted by Gasteiger charge is 2.28. The van der Waals surface area contributed by atoms with Crippen LogP contribution >= 0.6 is 0 Å². The maximum atomic E-state index is 6.66. The molecular weight excluding hydrogens is 1370 g/mol. The molecule has 1 aliphatic rings. The Morgan fingerprint density at radius 2 is 0.625 bits per heavy atom. The minimum Gasteiger partial charge on any atom is -0.456 e. The number of hydrogen-bond donors (Lipinski definition) is 0. The van der Waals surface area contributed by atoms with Gasteiger partial charge in [0.2, 0.25) is 0 Å². The van der Waals surface area contributed by atoms with Crippen molar-refractivity contribution >= 4 is 82.7 Å². The van der Waals surface area contributed by atoms with Gasteiger partial charge in [0.1, 0.15) is 22.3 Å². The zero-order chi connectivity index (χ0) is 74.0. The van der Waals surface area contributed by atoms with Gasteiger partial charge in [-0.05, 0) is 130 Å². The van der Waals surface area contributed by atoms with E-state index in [1.165, 1.54) is 22.2 Å². The standard InChI is InChI=1S/C51H34N4O.C51H32N4O/c1-4-15-33(16-5-1)34-27-29-37(30-28-34)50-52-49(36-19-8-3-9-20-36)53-51(54-50)41-22-11-13-25-43(41)55-42-24-12-10-21-39(42)40-31-32-45-47(48(40)55)46-38(23-14-26-44(46)56-45)35-17-6-2-7-18-35;1-4-14-33(15-5-1)35-24-26-37(27-25-35)50-52-49(36-18-8-3-9-19-36)53-51(54-50)41-21-11-13-23-44(41)55-43-22-12-10-20-39(43)40-29-31-46-47(48(40)55)42-32-38(28-30-45(42)56-46)34-16-6-2-7-17-34/h1-11,13-23,25-32H,12,24H2;1-32H. The van der Waals surface area contributed by atoms with Gasteiger partial charge in [0, 0.05) is 71.6 Å². The van der Waals surface area contributed by atoms with Crippen LogP contribution in [-0.2, 0) is 6.42 Å².